The lowest BCUT2D eigenvalue weighted by atomic mass is 9.96. The van der Waals surface area contributed by atoms with Crippen LogP contribution in [-0.2, 0) is 19.1 Å². The molecule has 14 nitrogen and oxygen atoms in total. The Morgan fingerprint density at radius 1 is 0.806 bits per heavy atom. The van der Waals surface area contributed by atoms with Crippen molar-refractivity contribution in [3.63, 3.8) is 0 Å². The van der Waals surface area contributed by atoms with Crippen molar-refractivity contribution in [3.05, 3.63) is 84.0 Å². The summed E-state index contributed by atoms with van der Waals surface area (Å²) < 4.78 is 42.8. The molecule has 0 bridgehead atoms. The number of halogens is 2. The number of aromatic nitrogens is 4. The smallest absolute Gasteiger partial charge is 0.407 e. The number of carbonyl (C=O) groups is 4. The van der Waals surface area contributed by atoms with Gasteiger partial charge in [-0.3, -0.25) is 9.59 Å². The highest BCUT2D eigenvalue weighted by Crippen LogP contribution is 2.39. The first-order chi connectivity index (χ1) is 29.6. The molecule has 62 heavy (non-hydrogen) atoms. The van der Waals surface area contributed by atoms with Gasteiger partial charge in [0, 0.05) is 46.3 Å². The van der Waals surface area contributed by atoms with Crippen molar-refractivity contribution < 1.29 is 37.4 Å². The molecule has 4 aromatic carbocycles. The van der Waals surface area contributed by atoms with E-state index < -0.39 is 41.9 Å². The van der Waals surface area contributed by atoms with Crippen molar-refractivity contribution in [1.29, 1.82) is 0 Å². The lowest BCUT2D eigenvalue weighted by Gasteiger charge is -2.32. The molecule has 0 radical (unpaired) electrons. The third-order valence-corrected chi connectivity index (χ3v) is 12.0. The number of benzene rings is 4. The largest absolute Gasteiger partial charge is 0.453 e. The van der Waals surface area contributed by atoms with Gasteiger partial charge in [0.15, 0.2) is 0 Å². The normalized spacial score (nSPS) is 15.7. The molecule has 3 heterocycles. The van der Waals surface area contributed by atoms with Gasteiger partial charge in [-0.05, 0) is 60.9 Å². The predicted molar refractivity (Wildman–Crippen MR) is 233 cm³/mol. The summed E-state index contributed by atoms with van der Waals surface area (Å²) in [5, 5.41) is 6.78. The van der Waals surface area contributed by atoms with Crippen LogP contribution < -0.4 is 10.6 Å². The van der Waals surface area contributed by atoms with Crippen LogP contribution in [0, 0.1) is 23.5 Å². The van der Waals surface area contributed by atoms with Crippen molar-refractivity contribution in [2.45, 2.75) is 78.0 Å². The molecule has 4 N–H and O–H groups in total. The maximum absolute atomic E-state index is 16.7. The molecule has 4 amide bonds. The van der Waals surface area contributed by atoms with Gasteiger partial charge in [-0.25, -0.2) is 28.3 Å². The van der Waals surface area contributed by atoms with E-state index in [1.165, 1.54) is 25.2 Å². The Kier molecular flexibility index (Phi) is 12.2. The number of H-pyrrole nitrogens is 2. The van der Waals surface area contributed by atoms with Crippen molar-refractivity contribution in [2.24, 2.45) is 11.8 Å². The lowest BCUT2D eigenvalue weighted by Crippen LogP contribution is -2.51. The van der Waals surface area contributed by atoms with Gasteiger partial charge in [0.25, 0.3) is 0 Å². The molecule has 0 spiro atoms. The van der Waals surface area contributed by atoms with Crippen LogP contribution in [0.25, 0.3) is 54.7 Å². The zero-order valence-corrected chi connectivity index (χ0v) is 36.1. The van der Waals surface area contributed by atoms with Gasteiger partial charge < -0.3 is 39.9 Å². The summed E-state index contributed by atoms with van der Waals surface area (Å²) in [5.41, 5.74) is 3.06. The van der Waals surface area contributed by atoms with Gasteiger partial charge >= 0.3 is 12.2 Å². The summed E-state index contributed by atoms with van der Waals surface area (Å²) in [7, 11) is 4.10. The molecule has 1 fully saturated rings. The molecule has 0 saturated carbocycles. The topological polar surface area (TPSA) is 175 Å². The maximum atomic E-state index is 16.7. The van der Waals surface area contributed by atoms with E-state index in [0.717, 1.165) is 6.42 Å². The van der Waals surface area contributed by atoms with Crippen LogP contribution in [-0.4, -0.2) is 93.6 Å². The fourth-order valence-corrected chi connectivity index (χ4v) is 8.51. The average Bonchev–Trinajstić information content (AvgIpc) is 4.03. The van der Waals surface area contributed by atoms with Gasteiger partial charge in [0.05, 0.1) is 42.3 Å². The number of nitrogens with zero attached hydrogens (tertiary/aromatic N) is 4. The van der Waals surface area contributed by atoms with Crippen molar-refractivity contribution >= 4 is 67.6 Å². The number of methoxy groups -OCH3 is 2. The molecule has 1 aliphatic heterocycles. The van der Waals surface area contributed by atoms with Crippen LogP contribution in [0.3, 0.4) is 0 Å². The number of hydrogen-bond acceptors (Lipinski definition) is 8. The van der Waals surface area contributed by atoms with E-state index in [2.05, 4.69) is 27.2 Å². The van der Waals surface area contributed by atoms with Gasteiger partial charge in [0.1, 0.15) is 41.4 Å². The number of aromatic amines is 2. The monoisotopic (exact) mass is 850 g/mol. The number of ether oxygens (including phenoxy) is 2. The summed E-state index contributed by atoms with van der Waals surface area (Å²) in [6.07, 6.45) is 0.501. The number of carbonyl (C=O) groups excluding carboxylic acids is 4. The van der Waals surface area contributed by atoms with E-state index in [4.69, 9.17) is 19.4 Å². The number of likely N-dealkylation sites (tertiary alicyclic amines) is 1. The SMILES string of the molecule is C=C(CC)[C@@H](c1nc2c(ccc3c(F)c(-c4ccc5c(ccc6[nH]c([C@@H]7CCCN7C(=O)[C@@H](NC(=O)OC)C(C)C)nc65)c4F)ccc32)[nH]1)N(C)C(=O)[C@@H](NC(=O)OC)C(C)C. The highest BCUT2D eigenvalue weighted by molar-refractivity contribution is 6.08. The number of rotatable bonds is 12. The second-order valence-corrected chi connectivity index (χ2v) is 16.5. The van der Waals surface area contributed by atoms with Crippen LogP contribution in [0.2, 0.25) is 0 Å². The molecule has 1 saturated heterocycles. The van der Waals surface area contributed by atoms with Gasteiger partial charge in [-0.1, -0.05) is 65.5 Å². The second kappa shape index (κ2) is 17.4. The van der Waals surface area contributed by atoms with E-state index >= 15 is 8.78 Å². The fraction of sp³-hybridized carbons (Fsp3) is 0.391. The van der Waals surface area contributed by atoms with Crippen LogP contribution >= 0.6 is 0 Å². The number of likely N-dealkylation sites (N-methyl/N-ethyl adjacent to an activating group) is 1. The number of nitrogens with one attached hydrogen (secondary N) is 4. The molecule has 6 aromatic rings. The molecule has 2 aromatic heterocycles. The molecule has 1 aliphatic rings. The second-order valence-electron chi connectivity index (χ2n) is 16.5. The molecule has 4 atom stereocenters. The van der Waals surface area contributed by atoms with Crippen LogP contribution in [0.15, 0.2) is 60.7 Å². The summed E-state index contributed by atoms with van der Waals surface area (Å²) in [5.74, 6) is -1.32. The fourth-order valence-electron chi connectivity index (χ4n) is 8.51. The highest BCUT2D eigenvalue weighted by Gasteiger charge is 2.38. The zero-order valence-electron chi connectivity index (χ0n) is 36.1. The van der Waals surface area contributed by atoms with Crippen molar-refractivity contribution in [1.82, 2.24) is 40.4 Å². The lowest BCUT2D eigenvalue weighted by molar-refractivity contribution is -0.136. The Balaban J connectivity index is 1.21. The van der Waals surface area contributed by atoms with Gasteiger partial charge in [-0.2, -0.15) is 0 Å². The Bertz CT molecular complexity index is 2740. The molecule has 0 aliphatic carbocycles. The summed E-state index contributed by atoms with van der Waals surface area (Å²) in [4.78, 5) is 71.3. The van der Waals surface area contributed by atoms with Gasteiger partial charge in [-0.15, -0.1) is 0 Å². The molecular formula is C46H52F2N8O6. The highest BCUT2D eigenvalue weighted by atomic mass is 19.1. The average molecular weight is 851 g/mol. The minimum absolute atomic E-state index is 0.0654. The van der Waals surface area contributed by atoms with Crippen LogP contribution in [0.5, 0.6) is 0 Å². The number of alkyl carbamates (subject to hydrolysis) is 2. The Hall–Kier alpha value is -6.58. The number of amides is 4. The van der Waals surface area contributed by atoms with E-state index in [1.54, 1.807) is 54.4 Å². The van der Waals surface area contributed by atoms with Crippen LogP contribution in [0.4, 0.5) is 18.4 Å². The van der Waals surface area contributed by atoms with E-state index in [-0.39, 0.29) is 51.6 Å². The van der Waals surface area contributed by atoms with E-state index in [1.807, 2.05) is 34.6 Å². The first kappa shape index (κ1) is 43.5. The third kappa shape index (κ3) is 7.77. The molecular weight excluding hydrogens is 799 g/mol. The Morgan fingerprint density at radius 3 is 1.85 bits per heavy atom. The minimum Gasteiger partial charge on any atom is -0.453 e. The number of imidazole rings is 2. The quantitative estimate of drug-likeness (QED) is 0.0886. The summed E-state index contributed by atoms with van der Waals surface area (Å²) >= 11 is 0. The van der Waals surface area contributed by atoms with Crippen molar-refractivity contribution in [3.8, 4) is 11.1 Å². The molecule has 0 unspecified atom stereocenters. The molecule has 16 heteroatoms. The Morgan fingerprint density at radius 2 is 1.32 bits per heavy atom. The van der Waals surface area contributed by atoms with Crippen LogP contribution in [0.1, 0.15) is 77.6 Å². The first-order valence-electron chi connectivity index (χ1n) is 20.8. The first-order valence-corrected chi connectivity index (χ1v) is 20.8. The van der Waals surface area contributed by atoms with Crippen molar-refractivity contribution in [2.75, 3.05) is 27.8 Å². The number of hydrogen-bond donors (Lipinski definition) is 4. The summed E-state index contributed by atoms with van der Waals surface area (Å²) in [6.45, 7) is 14.0. The zero-order chi connectivity index (χ0) is 44.7. The minimum atomic E-state index is -0.877. The van der Waals surface area contributed by atoms with E-state index in [9.17, 15) is 19.2 Å². The third-order valence-electron chi connectivity index (χ3n) is 12.0. The summed E-state index contributed by atoms with van der Waals surface area (Å²) in [6, 6.07) is 10.4. The standard InChI is InChI=1S/C46H52F2N8O6/c1-10-24(6)40(55(7)43(57)36(22(2)3)53-45(59)61-8)42-50-32-20-18-28-30(39(32)52-42)16-14-26(35(28)48)25-13-15-29-27(34(25)47)17-19-31-38(29)51-41(49-31)33-12-11-21-56(33)44(58)37(23(4)5)54-46(60)62-9/h13-20,22-23,33,36-37,40H,6,10-12,21H2,1-5,7-9H3,(H,49,51)(H,50,52)(H,53,59)(H,54,60)/t33-,36-,37-,40-/m0/s1. The van der Waals surface area contributed by atoms with E-state index in [0.29, 0.717) is 69.4 Å². The number of fused-ring (bicyclic) bond motifs is 6. The predicted octanol–water partition coefficient (Wildman–Crippen LogP) is 8.58. The van der Waals surface area contributed by atoms with Gasteiger partial charge in [0.2, 0.25) is 11.8 Å². The Labute approximate surface area is 357 Å². The maximum Gasteiger partial charge on any atom is 0.407 e. The molecule has 326 valence electrons. The molecule has 7 rings (SSSR count).